The lowest BCUT2D eigenvalue weighted by Gasteiger charge is -2.26. The minimum atomic E-state index is -1.01. The number of rotatable bonds is 8. The average Bonchev–Trinajstić information content (AvgIpc) is 2.58. The maximum atomic E-state index is 12.2. The zero-order valence-corrected chi connectivity index (χ0v) is 14.4. The quantitative estimate of drug-likeness (QED) is 0.742. The maximum absolute atomic E-state index is 12.2. The number of benzene rings is 1. The topological polar surface area (TPSA) is 73.9 Å². The van der Waals surface area contributed by atoms with Crippen molar-refractivity contribution in [1.82, 2.24) is 5.32 Å². The molecule has 0 aliphatic carbocycles. The summed E-state index contributed by atoms with van der Waals surface area (Å²) in [5, 5.41) is 2.74. The summed E-state index contributed by atoms with van der Waals surface area (Å²) < 4.78 is 15.2. The molecule has 0 spiro atoms. The van der Waals surface area contributed by atoms with E-state index in [1.54, 1.807) is 33.3 Å². The van der Waals surface area contributed by atoms with Crippen molar-refractivity contribution in [3.63, 3.8) is 0 Å². The lowest BCUT2D eigenvalue weighted by atomic mass is 9.98. The van der Waals surface area contributed by atoms with Gasteiger partial charge in [-0.15, -0.1) is 0 Å². The molecule has 0 aliphatic heterocycles. The highest BCUT2D eigenvalue weighted by molar-refractivity contribution is 5.87. The predicted octanol–water partition coefficient (Wildman–Crippen LogP) is 2.09. The monoisotopic (exact) mass is 323 g/mol. The van der Waals surface area contributed by atoms with Crippen LogP contribution in [-0.2, 0) is 20.7 Å². The molecule has 0 unspecified atom stereocenters. The summed E-state index contributed by atoms with van der Waals surface area (Å²) in [6, 6.07) is 5.44. The van der Waals surface area contributed by atoms with Gasteiger partial charge in [0.25, 0.3) is 0 Å². The van der Waals surface area contributed by atoms with Gasteiger partial charge < -0.3 is 19.5 Å². The second-order valence-electron chi connectivity index (χ2n) is 5.40. The van der Waals surface area contributed by atoms with Gasteiger partial charge in [0.05, 0.1) is 21.3 Å². The van der Waals surface area contributed by atoms with E-state index < -0.39 is 11.5 Å². The Labute approximate surface area is 137 Å². The molecule has 1 aromatic rings. The van der Waals surface area contributed by atoms with Crippen molar-refractivity contribution < 1.29 is 23.8 Å². The highest BCUT2D eigenvalue weighted by Crippen LogP contribution is 2.25. The summed E-state index contributed by atoms with van der Waals surface area (Å²) in [4.78, 5) is 24.0. The number of hydrogen-bond acceptors (Lipinski definition) is 5. The molecule has 1 rings (SSSR count). The first kappa shape index (κ1) is 18.8. The lowest BCUT2D eigenvalue weighted by molar-refractivity contribution is -0.150. The number of aryl methyl sites for hydroxylation is 1. The number of nitrogens with one attached hydrogen (secondary N) is 1. The predicted molar refractivity (Wildman–Crippen MR) is 86.7 cm³/mol. The van der Waals surface area contributed by atoms with Gasteiger partial charge in [-0.2, -0.15) is 0 Å². The summed E-state index contributed by atoms with van der Waals surface area (Å²) in [5.41, 5.74) is -0.136. The molecule has 0 heterocycles. The number of methoxy groups -OCH3 is 3. The molecule has 0 saturated carbocycles. The van der Waals surface area contributed by atoms with E-state index in [4.69, 9.17) is 14.2 Å². The van der Waals surface area contributed by atoms with Crippen LogP contribution in [0.15, 0.2) is 18.2 Å². The molecule has 1 amide bonds. The Morgan fingerprint density at radius 1 is 1.17 bits per heavy atom. The van der Waals surface area contributed by atoms with Gasteiger partial charge >= 0.3 is 5.97 Å². The van der Waals surface area contributed by atoms with Gasteiger partial charge in [0, 0.05) is 6.42 Å². The van der Waals surface area contributed by atoms with Gasteiger partial charge in [-0.3, -0.25) is 4.79 Å². The normalized spacial score (nSPS) is 12.9. The third kappa shape index (κ3) is 4.87. The lowest BCUT2D eigenvalue weighted by Crippen LogP contribution is -2.52. The molecule has 6 heteroatoms. The molecule has 6 nitrogen and oxygen atoms in total. The minimum absolute atomic E-state index is 0.218. The van der Waals surface area contributed by atoms with E-state index >= 15 is 0 Å². The highest BCUT2D eigenvalue weighted by atomic mass is 16.5. The van der Waals surface area contributed by atoms with Gasteiger partial charge in [-0.1, -0.05) is 6.92 Å². The first-order chi connectivity index (χ1) is 10.9. The molecule has 0 fully saturated rings. The van der Waals surface area contributed by atoms with Crippen LogP contribution in [0.2, 0.25) is 0 Å². The Morgan fingerprint density at radius 2 is 1.87 bits per heavy atom. The second-order valence-corrected chi connectivity index (χ2v) is 5.40. The summed E-state index contributed by atoms with van der Waals surface area (Å²) in [7, 11) is 4.47. The van der Waals surface area contributed by atoms with E-state index in [1.165, 1.54) is 7.11 Å². The van der Waals surface area contributed by atoms with Crippen molar-refractivity contribution in [2.75, 3.05) is 21.3 Å². The van der Waals surface area contributed by atoms with Crippen molar-refractivity contribution >= 4 is 11.9 Å². The van der Waals surface area contributed by atoms with E-state index in [9.17, 15) is 9.59 Å². The van der Waals surface area contributed by atoms with Crippen LogP contribution in [0.5, 0.6) is 11.5 Å². The van der Waals surface area contributed by atoms with Gasteiger partial charge in [0.15, 0.2) is 0 Å². The molecule has 0 saturated heterocycles. The second kappa shape index (κ2) is 8.41. The smallest absolute Gasteiger partial charge is 0.331 e. The zero-order chi connectivity index (χ0) is 17.5. The number of carbonyl (C=O) groups excluding carboxylic acids is 2. The largest absolute Gasteiger partial charge is 0.497 e. The van der Waals surface area contributed by atoms with Crippen LogP contribution in [0, 0.1) is 0 Å². The third-order valence-corrected chi connectivity index (χ3v) is 3.87. The molecule has 1 atom stereocenters. The van der Waals surface area contributed by atoms with Gasteiger partial charge in [0.2, 0.25) is 5.91 Å². The fourth-order valence-corrected chi connectivity index (χ4v) is 2.20. The number of hydrogen-bond donors (Lipinski definition) is 1. The first-order valence-electron chi connectivity index (χ1n) is 7.50. The van der Waals surface area contributed by atoms with Crippen LogP contribution >= 0.6 is 0 Å². The summed E-state index contributed by atoms with van der Waals surface area (Å²) in [5.74, 6) is 0.732. The van der Waals surface area contributed by atoms with Crippen LogP contribution in [0.4, 0.5) is 0 Å². The molecule has 0 radical (unpaired) electrons. The van der Waals surface area contributed by atoms with E-state index in [0.717, 1.165) is 5.56 Å². The molecule has 23 heavy (non-hydrogen) atoms. The van der Waals surface area contributed by atoms with Crippen molar-refractivity contribution in [3.8, 4) is 11.5 Å². The molecule has 0 bridgehead atoms. The number of ether oxygens (including phenoxy) is 3. The van der Waals surface area contributed by atoms with Crippen molar-refractivity contribution in [2.45, 2.75) is 38.6 Å². The SMILES string of the molecule is CC[C@](C)(NC(=O)CCc1cc(OC)ccc1OC)C(=O)OC. The van der Waals surface area contributed by atoms with E-state index in [1.807, 2.05) is 13.0 Å². The molecule has 0 aliphatic rings. The summed E-state index contributed by atoms with van der Waals surface area (Å²) in [6.07, 6.45) is 1.16. The van der Waals surface area contributed by atoms with Crippen molar-refractivity contribution in [2.24, 2.45) is 0 Å². The van der Waals surface area contributed by atoms with E-state index in [0.29, 0.717) is 24.3 Å². The molecule has 0 aromatic heterocycles. The average molecular weight is 323 g/mol. The summed E-state index contributed by atoms with van der Waals surface area (Å²) in [6.45, 7) is 3.48. The summed E-state index contributed by atoms with van der Waals surface area (Å²) >= 11 is 0. The Kier molecular flexibility index (Phi) is 6.88. The van der Waals surface area contributed by atoms with E-state index in [-0.39, 0.29) is 12.3 Å². The maximum Gasteiger partial charge on any atom is 0.331 e. The van der Waals surface area contributed by atoms with Crippen LogP contribution < -0.4 is 14.8 Å². The van der Waals surface area contributed by atoms with Crippen LogP contribution in [-0.4, -0.2) is 38.7 Å². The Bertz CT molecular complexity index is 558. The standard InChI is InChI=1S/C17H25NO5/c1-6-17(2,16(20)23-5)18-15(19)10-7-12-11-13(21-3)8-9-14(12)22-4/h8-9,11H,6-7,10H2,1-5H3,(H,18,19)/t17-/m0/s1. The van der Waals surface area contributed by atoms with Crippen molar-refractivity contribution in [1.29, 1.82) is 0 Å². The number of carbonyl (C=O) groups is 2. The molecule has 1 N–H and O–H groups in total. The molecule has 128 valence electrons. The van der Waals surface area contributed by atoms with Crippen LogP contribution in [0.1, 0.15) is 32.3 Å². The highest BCUT2D eigenvalue weighted by Gasteiger charge is 2.33. The molecular formula is C17H25NO5. The number of esters is 1. The van der Waals surface area contributed by atoms with Gasteiger partial charge in [0.1, 0.15) is 17.0 Å². The fraction of sp³-hybridized carbons (Fsp3) is 0.529. The molecule has 1 aromatic carbocycles. The van der Waals surface area contributed by atoms with Crippen LogP contribution in [0.25, 0.3) is 0 Å². The Hall–Kier alpha value is -2.24. The van der Waals surface area contributed by atoms with Crippen molar-refractivity contribution in [3.05, 3.63) is 23.8 Å². The Balaban J connectivity index is 2.74. The molecular weight excluding hydrogens is 298 g/mol. The van der Waals surface area contributed by atoms with Crippen LogP contribution in [0.3, 0.4) is 0 Å². The van der Waals surface area contributed by atoms with Gasteiger partial charge in [-0.05, 0) is 43.5 Å². The van der Waals surface area contributed by atoms with Gasteiger partial charge in [-0.25, -0.2) is 4.79 Å². The first-order valence-corrected chi connectivity index (χ1v) is 7.50. The van der Waals surface area contributed by atoms with E-state index in [2.05, 4.69) is 5.32 Å². The zero-order valence-electron chi connectivity index (χ0n) is 14.4. The third-order valence-electron chi connectivity index (χ3n) is 3.87. The Morgan fingerprint density at radius 3 is 2.39 bits per heavy atom. The fourth-order valence-electron chi connectivity index (χ4n) is 2.20. The minimum Gasteiger partial charge on any atom is -0.497 e. The number of amides is 1.